The monoisotopic (exact) mass is 1420 g/mol. The van der Waals surface area contributed by atoms with Crippen LogP contribution in [0.2, 0.25) is 0 Å². The molecule has 4 aromatic heterocycles. The number of imidazole rings is 1. The first-order valence-electron chi connectivity index (χ1n) is 33.2. The van der Waals surface area contributed by atoms with E-state index in [0.29, 0.717) is 5.75 Å². The number of nitrogens with zero attached hydrogens (tertiary/aromatic N) is 5. The van der Waals surface area contributed by atoms with Gasteiger partial charge in [0.15, 0.2) is 0 Å². The summed E-state index contributed by atoms with van der Waals surface area (Å²) >= 11 is 2.65. The summed E-state index contributed by atoms with van der Waals surface area (Å²) in [6.45, 7) is 27.7. The molecule has 15 aromatic rings. The summed E-state index contributed by atoms with van der Waals surface area (Å²) < 4.78 is 18.2. The molecule has 0 bridgehead atoms. The van der Waals surface area contributed by atoms with Crippen LogP contribution >= 0.6 is 0 Å². The molecule has 0 radical (unpaired) electrons. The summed E-state index contributed by atoms with van der Waals surface area (Å²) in [5.74, 6) is 2.29. The number of para-hydroxylation sites is 4. The number of rotatable bonds is 9. The van der Waals surface area contributed by atoms with E-state index in [2.05, 4.69) is 375 Å². The third-order valence-corrected chi connectivity index (χ3v) is 20.1. The molecule has 7 heteroatoms. The predicted molar refractivity (Wildman–Crippen MR) is 396 cm³/mol. The van der Waals surface area contributed by atoms with Crippen molar-refractivity contribution >= 4 is 60.2 Å². The zero-order chi connectivity index (χ0) is 65.9. The molecule has 0 aliphatic rings. The van der Waals surface area contributed by atoms with Crippen LogP contribution in [0, 0.1) is 3.80 Å². The molecule has 11 aromatic carbocycles. The van der Waals surface area contributed by atoms with E-state index in [9.17, 15) is 0 Å². The number of fused-ring (bicyclic) bond motifs is 7. The Bertz CT molecular complexity index is 5540. The van der Waals surface area contributed by atoms with Gasteiger partial charge in [-0.1, -0.05) is 32.9 Å². The molecule has 0 aliphatic carbocycles. The molecule has 0 atom stereocenters. The van der Waals surface area contributed by atoms with Crippen LogP contribution in [0.15, 0.2) is 261 Å². The van der Waals surface area contributed by atoms with Gasteiger partial charge in [0, 0.05) is 6.20 Å². The number of hydrogen-bond acceptors (Lipinski definition) is 2. The molecule has 0 spiro atoms. The van der Waals surface area contributed by atoms with Crippen molar-refractivity contribution in [2.75, 3.05) is 0 Å². The van der Waals surface area contributed by atoms with Crippen LogP contribution in [0.1, 0.15) is 105 Å². The molecular formula is C88H79N5OPt. The van der Waals surface area contributed by atoms with Crippen molar-refractivity contribution in [1.82, 2.24) is 23.1 Å². The number of ether oxygens (including phenoxy) is 1. The van der Waals surface area contributed by atoms with Gasteiger partial charge in [-0.25, -0.2) is 0 Å². The van der Waals surface area contributed by atoms with Crippen LogP contribution in [0.3, 0.4) is 0 Å². The molecule has 0 fully saturated rings. The molecule has 0 aliphatic heterocycles. The van der Waals surface area contributed by atoms with Crippen LogP contribution in [0.25, 0.3) is 122 Å². The molecule has 95 heavy (non-hydrogen) atoms. The fourth-order valence-corrected chi connectivity index (χ4v) is 14.9. The average molecular weight is 1420 g/mol. The average Bonchev–Trinajstić information content (AvgIpc) is 1.60. The van der Waals surface area contributed by atoms with E-state index in [1.807, 2.05) is 6.20 Å². The van der Waals surface area contributed by atoms with Gasteiger partial charge in [-0.3, -0.25) is 0 Å². The Morgan fingerprint density at radius 1 is 0.316 bits per heavy atom. The van der Waals surface area contributed by atoms with E-state index < -0.39 is 0 Å². The minimum atomic E-state index is -0.110. The summed E-state index contributed by atoms with van der Waals surface area (Å²) in [4.78, 5) is 5.03. The second kappa shape index (κ2) is 23.2. The second-order valence-electron chi connectivity index (χ2n) is 29.7. The summed E-state index contributed by atoms with van der Waals surface area (Å²) in [5.41, 5.74) is 23.3. The van der Waals surface area contributed by atoms with Gasteiger partial charge >= 0.3 is 516 Å². The molecule has 0 amide bonds. The molecule has 472 valence electrons. The minimum absolute atomic E-state index is 0.0670. The van der Waals surface area contributed by atoms with Crippen molar-refractivity contribution < 1.29 is 24.1 Å². The van der Waals surface area contributed by atoms with Crippen molar-refractivity contribution in [2.24, 2.45) is 0 Å². The van der Waals surface area contributed by atoms with Crippen LogP contribution in [0.5, 0.6) is 11.5 Å². The van der Waals surface area contributed by atoms with Gasteiger partial charge in [0.1, 0.15) is 0 Å². The zero-order valence-electron chi connectivity index (χ0n) is 56.3. The fraction of sp³-hybridized carbons (Fsp3) is 0.182. The maximum absolute atomic E-state index is 7.36. The van der Waals surface area contributed by atoms with Crippen molar-refractivity contribution in [3.05, 3.63) is 287 Å². The van der Waals surface area contributed by atoms with Crippen molar-refractivity contribution in [3.63, 3.8) is 0 Å². The van der Waals surface area contributed by atoms with Crippen LogP contribution in [0.4, 0.5) is 0 Å². The standard InChI is InChI=1S/C88H79N5O.Pt/c1-85(2,3)63-31-23-30-59(47-63)70-34-24-35-71(62-48-65(87(7,8)9)52-66(49-62)88(10,11)12)83(70)90-56-91-81-55-69(94-68-40-42-74-72-32-19-22-38-77(72)93(80(74)54-68)82-53-64(44-45-89-82)86(4,5)6)41-43-78(81)92(76-37-21-20-33-73(76)75-36-25-39-79(90)84(75)91)67-50-60(57-26-15-13-16-27-57)46-61(51-67)58-28-17-14-18-29-58;/h13-55H,1-12H3;. The molecule has 0 N–H and O–H groups in total. The maximum atomic E-state index is 7.36. The normalized spacial score (nSPS) is 12.5. The Kier molecular flexibility index (Phi) is 15.0. The summed E-state index contributed by atoms with van der Waals surface area (Å²) in [7, 11) is 0. The third kappa shape index (κ3) is 11.1. The number of pyridine rings is 1. The third-order valence-electron chi connectivity index (χ3n) is 19.1. The first-order chi connectivity index (χ1) is 45.5. The predicted octanol–water partition coefficient (Wildman–Crippen LogP) is 23.8. The summed E-state index contributed by atoms with van der Waals surface area (Å²) in [6.07, 6.45) is 1.94. The van der Waals surface area contributed by atoms with Gasteiger partial charge in [-0.15, -0.1) is 0 Å². The molecule has 6 nitrogen and oxygen atoms in total. The Hall–Kier alpha value is -9.87. The van der Waals surface area contributed by atoms with E-state index >= 15 is 0 Å². The Labute approximate surface area is 568 Å². The van der Waals surface area contributed by atoms with Crippen LogP contribution in [-0.2, 0) is 41.0 Å². The van der Waals surface area contributed by atoms with Gasteiger partial charge in [0.25, 0.3) is 0 Å². The molecular weight excluding hydrogens is 1340 g/mol. The Balaban J connectivity index is 1.08. The van der Waals surface area contributed by atoms with Crippen molar-refractivity contribution in [1.29, 1.82) is 0 Å². The van der Waals surface area contributed by atoms with Gasteiger partial charge in [0.2, 0.25) is 0 Å². The van der Waals surface area contributed by atoms with Crippen molar-refractivity contribution in [2.45, 2.75) is 105 Å². The molecule has 4 heterocycles. The summed E-state index contributed by atoms with van der Waals surface area (Å²) in [6, 6.07) is 94.2. The van der Waals surface area contributed by atoms with Gasteiger partial charge < -0.3 is 0 Å². The van der Waals surface area contributed by atoms with E-state index in [1.54, 1.807) is 0 Å². The van der Waals surface area contributed by atoms with E-state index in [4.69, 9.17) is 9.72 Å². The Morgan fingerprint density at radius 2 is 0.800 bits per heavy atom. The molecule has 0 saturated carbocycles. The van der Waals surface area contributed by atoms with E-state index in [0.717, 1.165) is 126 Å². The van der Waals surface area contributed by atoms with Crippen LogP contribution < -0.4 is 4.74 Å². The number of aromatic nitrogens is 5. The molecule has 0 unspecified atom stereocenters. The number of benzene rings is 11. The van der Waals surface area contributed by atoms with Gasteiger partial charge in [-0.2, -0.15) is 0 Å². The summed E-state index contributed by atoms with van der Waals surface area (Å²) in [5, 5.41) is 4.52. The van der Waals surface area contributed by atoms with Crippen LogP contribution in [-0.4, -0.2) is 23.1 Å². The molecule has 15 rings (SSSR count). The second-order valence-corrected chi connectivity index (χ2v) is 30.7. The SMILES string of the molecule is CC(C)(C)c1cccc(-c2cccc(-c3cc(C(C)(C)C)cc(C(C)(C)C)c3)c2-n2[c](=[Pt])n3c4cc(Oc5ccc6c7ccccc7n(-c7cc(C(C)(C)C)ccn7)c6c5)ccc4n(-c4cc(-c5ccccc5)cc(-c5ccccc5)c4)c4ccccc4c4cccc2c43)c1. The number of hydrogen-bond donors (Lipinski definition) is 0. The van der Waals surface area contributed by atoms with E-state index in [-0.39, 0.29) is 21.7 Å². The Morgan fingerprint density at radius 3 is 1.43 bits per heavy atom. The fourth-order valence-electron chi connectivity index (χ4n) is 13.9. The first-order valence-corrected chi connectivity index (χ1v) is 34.3. The first kappa shape index (κ1) is 61.3. The van der Waals surface area contributed by atoms with Crippen molar-refractivity contribution in [3.8, 4) is 73.2 Å². The molecule has 0 saturated heterocycles. The topological polar surface area (TPSA) is 41.3 Å². The quantitative estimate of drug-likeness (QED) is 0.145. The zero-order valence-corrected chi connectivity index (χ0v) is 58.6. The van der Waals surface area contributed by atoms with E-state index in [1.165, 1.54) is 27.8 Å². The van der Waals surface area contributed by atoms with Gasteiger partial charge in [-0.05, 0) is 17.0 Å². The van der Waals surface area contributed by atoms with Gasteiger partial charge in [0.05, 0.1) is 0 Å².